The SMILES string of the molecule is COc1c(Cl)cc(C2C(C(=O)Nc3ccc(Cl)c(C(=O)Cc4ccc(NC(C)=O)cc4)c3)C2(Cl)Cl)cc1Cl. The number of carbonyl (C=O) groups excluding carboxylic acids is 3. The van der Waals surface area contributed by atoms with Crippen LogP contribution in [0.4, 0.5) is 11.4 Å². The lowest BCUT2D eigenvalue weighted by Crippen LogP contribution is -2.17. The molecule has 0 aliphatic heterocycles. The molecule has 2 atom stereocenters. The normalized spacial score (nSPS) is 17.4. The van der Waals surface area contributed by atoms with Gasteiger partial charge in [0.15, 0.2) is 11.5 Å². The summed E-state index contributed by atoms with van der Waals surface area (Å²) in [4.78, 5) is 37.3. The number of anilines is 2. The number of nitrogens with one attached hydrogen (secondary N) is 2. The zero-order chi connectivity index (χ0) is 27.8. The molecule has 2 N–H and O–H groups in total. The van der Waals surface area contributed by atoms with E-state index in [-0.39, 0.29) is 38.7 Å². The number of benzene rings is 3. The fourth-order valence-electron chi connectivity index (χ4n) is 4.25. The number of rotatable bonds is 8. The van der Waals surface area contributed by atoms with Gasteiger partial charge >= 0.3 is 0 Å². The zero-order valence-corrected chi connectivity index (χ0v) is 23.9. The lowest BCUT2D eigenvalue weighted by Gasteiger charge is -2.10. The number of hydrogen-bond acceptors (Lipinski definition) is 4. The standard InChI is InChI=1S/C27H21Cl5N2O4/c1-13(35)33-16-5-3-14(4-6-16)9-22(36)18-12-17(7-8-19(18)28)34-26(37)24-23(27(24,31)32)15-10-20(29)25(38-2)21(30)11-15/h3-8,10-12,23-24H,9H2,1-2H3,(H,33,35)(H,34,37). The minimum absolute atomic E-state index is 0.0770. The predicted molar refractivity (Wildman–Crippen MR) is 153 cm³/mol. The molecule has 3 aromatic carbocycles. The van der Waals surface area contributed by atoms with Crippen LogP contribution in [-0.4, -0.2) is 29.0 Å². The van der Waals surface area contributed by atoms with E-state index >= 15 is 0 Å². The summed E-state index contributed by atoms with van der Waals surface area (Å²) in [5.41, 5.74) is 2.58. The van der Waals surface area contributed by atoms with Crippen molar-refractivity contribution in [2.75, 3.05) is 17.7 Å². The number of hydrogen-bond donors (Lipinski definition) is 2. The van der Waals surface area contributed by atoms with Crippen molar-refractivity contribution in [1.29, 1.82) is 0 Å². The van der Waals surface area contributed by atoms with E-state index in [1.807, 2.05) is 0 Å². The van der Waals surface area contributed by atoms with Crippen molar-refractivity contribution in [1.82, 2.24) is 0 Å². The quantitative estimate of drug-likeness (QED) is 0.203. The molecule has 6 nitrogen and oxygen atoms in total. The zero-order valence-electron chi connectivity index (χ0n) is 20.1. The second kappa shape index (κ2) is 11.3. The highest BCUT2D eigenvalue weighted by Crippen LogP contribution is 2.65. The molecule has 0 radical (unpaired) electrons. The molecule has 11 heteroatoms. The summed E-state index contributed by atoms with van der Waals surface area (Å²) in [5.74, 6) is -1.89. The fraction of sp³-hybridized carbons (Fsp3) is 0.222. The van der Waals surface area contributed by atoms with E-state index in [4.69, 9.17) is 62.7 Å². The largest absolute Gasteiger partial charge is 0.494 e. The first kappa shape index (κ1) is 28.5. The lowest BCUT2D eigenvalue weighted by molar-refractivity contribution is -0.117. The fourth-order valence-corrected chi connectivity index (χ4v) is 5.96. The van der Waals surface area contributed by atoms with E-state index in [2.05, 4.69) is 10.6 Å². The second-order valence-electron chi connectivity index (χ2n) is 8.81. The minimum atomic E-state index is -1.38. The van der Waals surface area contributed by atoms with Gasteiger partial charge in [0.25, 0.3) is 0 Å². The first-order valence-corrected chi connectivity index (χ1v) is 13.2. The highest BCUT2D eigenvalue weighted by molar-refractivity contribution is 6.53. The Hall–Kier alpha value is -2.48. The molecule has 0 spiro atoms. The van der Waals surface area contributed by atoms with Crippen LogP contribution < -0.4 is 15.4 Å². The van der Waals surface area contributed by atoms with Crippen molar-refractivity contribution in [2.24, 2.45) is 5.92 Å². The molecule has 1 aliphatic carbocycles. The molecule has 198 valence electrons. The van der Waals surface area contributed by atoms with Gasteiger partial charge in [-0.1, -0.05) is 46.9 Å². The molecule has 3 aromatic rings. The molecular formula is C27H21Cl5N2O4. The van der Waals surface area contributed by atoms with E-state index < -0.39 is 22.1 Å². The third-order valence-corrected chi connectivity index (χ3v) is 7.92. The van der Waals surface area contributed by atoms with Gasteiger partial charge in [-0.25, -0.2) is 0 Å². The molecule has 1 saturated carbocycles. The molecule has 1 aliphatic rings. The Balaban J connectivity index is 1.48. The average molecular weight is 615 g/mol. The average Bonchev–Trinajstić information content (AvgIpc) is 3.43. The summed E-state index contributed by atoms with van der Waals surface area (Å²) in [6.45, 7) is 1.42. The molecule has 0 heterocycles. The number of alkyl halides is 2. The van der Waals surface area contributed by atoms with Crippen molar-refractivity contribution in [3.8, 4) is 5.75 Å². The highest BCUT2D eigenvalue weighted by Gasteiger charge is 2.67. The number of ether oxygens (including phenoxy) is 1. The predicted octanol–water partition coefficient (Wildman–Crippen LogP) is 7.57. The van der Waals surface area contributed by atoms with Gasteiger partial charge in [0.2, 0.25) is 11.8 Å². The first-order chi connectivity index (χ1) is 17.9. The summed E-state index contributed by atoms with van der Waals surface area (Å²) in [5, 5.41) is 6.24. The summed E-state index contributed by atoms with van der Waals surface area (Å²) in [6, 6.07) is 14.8. The van der Waals surface area contributed by atoms with Crippen LogP contribution >= 0.6 is 58.0 Å². The molecule has 4 rings (SSSR count). The van der Waals surface area contributed by atoms with Gasteiger partial charge in [0.1, 0.15) is 4.33 Å². The van der Waals surface area contributed by atoms with Crippen LogP contribution in [0.1, 0.15) is 34.3 Å². The number of carbonyl (C=O) groups is 3. The molecule has 0 saturated heterocycles. The van der Waals surface area contributed by atoms with Crippen molar-refractivity contribution >= 4 is 87.0 Å². The highest BCUT2D eigenvalue weighted by atomic mass is 35.5. The van der Waals surface area contributed by atoms with Crippen LogP contribution in [0, 0.1) is 5.92 Å². The summed E-state index contributed by atoms with van der Waals surface area (Å²) < 4.78 is 3.79. The van der Waals surface area contributed by atoms with Crippen molar-refractivity contribution in [2.45, 2.75) is 23.6 Å². The Labute approximate surface area is 244 Å². The number of Topliss-reactive ketones (excluding diaryl/α,β-unsaturated/α-hetero) is 1. The summed E-state index contributed by atoms with van der Waals surface area (Å²) in [6.07, 6.45) is 0.0770. The lowest BCUT2D eigenvalue weighted by atomic mass is 10.0. The smallest absolute Gasteiger partial charge is 0.231 e. The molecule has 0 aromatic heterocycles. The van der Waals surface area contributed by atoms with E-state index in [1.165, 1.54) is 26.2 Å². The van der Waals surface area contributed by atoms with E-state index in [1.54, 1.807) is 42.5 Å². The number of ketones is 1. The second-order valence-corrected chi connectivity index (χ2v) is 11.5. The van der Waals surface area contributed by atoms with Crippen LogP contribution in [-0.2, 0) is 16.0 Å². The van der Waals surface area contributed by atoms with E-state index in [0.717, 1.165) is 5.56 Å². The molecule has 38 heavy (non-hydrogen) atoms. The number of amides is 2. The van der Waals surface area contributed by atoms with Crippen LogP contribution in [0.2, 0.25) is 15.1 Å². The maximum Gasteiger partial charge on any atom is 0.231 e. The molecule has 2 unspecified atom stereocenters. The summed E-state index contributed by atoms with van der Waals surface area (Å²) in [7, 11) is 1.45. The van der Waals surface area contributed by atoms with E-state index in [0.29, 0.717) is 22.7 Å². The van der Waals surface area contributed by atoms with Gasteiger partial charge in [-0.05, 0) is 53.6 Å². The van der Waals surface area contributed by atoms with Crippen molar-refractivity contribution in [3.63, 3.8) is 0 Å². The van der Waals surface area contributed by atoms with Crippen LogP contribution in [0.5, 0.6) is 5.75 Å². The van der Waals surface area contributed by atoms with Gasteiger partial charge in [-0.3, -0.25) is 14.4 Å². The number of halogens is 5. The molecular weight excluding hydrogens is 594 g/mol. The number of methoxy groups -OCH3 is 1. The van der Waals surface area contributed by atoms with Crippen molar-refractivity contribution < 1.29 is 19.1 Å². The van der Waals surface area contributed by atoms with Crippen LogP contribution in [0.15, 0.2) is 54.6 Å². The maximum atomic E-state index is 13.1. The van der Waals surface area contributed by atoms with Gasteiger partial charge in [-0.2, -0.15) is 0 Å². The van der Waals surface area contributed by atoms with Crippen LogP contribution in [0.25, 0.3) is 0 Å². The van der Waals surface area contributed by atoms with Gasteiger partial charge in [0.05, 0.1) is 28.1 Å². The Kier molecular flexibility index (Phi) is 8.50. The van der Waals surface area contributed by atoms with Gasteiger partial charge in [0, 0.05) is 36.2 Å². The van der Waals surface area contributed by atoms with E-state index in [9.17, 15) is 14.4 Å². The van der Waals surface area contributed by atoms with Crippen molar-refractivity contribution in [3.05, 3.63) is 86.4 Å². The summed E-state index contributed by atoms with van der Waals surface area (Å²) >= 11 is 31.7. The van der Waals surface area contributed by atoms with Crippen LogP contribution in [0.3, 0.4) is 0 Å². The monoisotopic (exact) mass is 612 g/mol. The Bertz CT molecular complexity index is 1400. The molecule has 0 bridgehead atoms. The Morgan fingerprint density at radius 2 is 1.47 bits per heavy atom. The van der Waals surface area contributed by atoms with Gasteiger partial charge in [-0.15, -0.1) is 23.2 Å². The Morgan fingerprint density at radius 3 is 2.05 bits per heavy atom. The molecule has 2 amide bonds. The first-order valence-electron chi connectivity index (χ1n) is 11.3. The topological polar surface area (TPSA) is 84.5 Å². The Morgan fingerprint density at radius 1 is 0.868 bits per heavy atom. The van der Waals surface area contributed by atoms with Gasteiger partial charge < -0.3 is 15.4 Å². The third kappa shape index (κ3) is 6.05. The maximum absolute atomic E-state index is 13.1. The third-order valence-electron chi connectivity index (χ3n) is 6.09. The molecule has 1 fully saturated rings. The minimum Gasteiger partial charge on any atom is -0.494 e.